The molecule has 0 aliphatic heterocycles. The lowest BCUT2D eigenvalue weighted by molar-refractivity contribution is -0.143. The maximum atomic E-state index is 12.8. The Labute approximate surface area is 144 Å². The van der Waals surface area contributed by atoms with Gasteiger partial charge in [0.1, 0.15) is 5.54 Å². The summed E-state index contributed by atoms with van der Waals surface area (Å²) in [6.07, 6.45) is 4.22. The molecule has 0 heterocycles. The van der Waals surface area contributed by atoms with Gasteiger partial charge in [-0.15, -0.1) is 12.4 Å². The molecule has 0 spiro atoms. The van der Waals surface area contributed by atoms with Crippen molar-refractivity contribution in [3.8, 4) is 0 Å². The molecule has 0 aromatic carbocycles. The highest BCUT2D eigenvalue weighted by atomic mass is 35.5. The van der Waals surface area contributed by atoms with Gasteiger partial charge in [0.25, 0.3) is 0 Å². The molecular weight excluding hydrogens is 320 g/mol. The Morgan fingerprint density at radius 3 is 2.09 bits per heavy atom. The van der Waals surface area contributed by atoms with E-state index in [1.54, 1.807) is 4.90 Å². The molecule has 0 aromatic heterocycles. The van der Waals surface area contributed by atoms with Crippen LogP contribution in [0.15, 0.2) is 0 Å². The smallest absolute Gasteiger partial charge is 0.248 e. The highest BCUT2D eigenvalue weighted by Crippen LogP contribution is 2.30. The molecule has 0 bridgehead atoms. The van der Waals surface area contributed by atoms with Gasteiger partial charge >= 0.3 is 0 Å². The Kier molecular flexibility index (Phi) is 9.83. The van der Waals surface area contributed by atoms with Crippen LogP contribution in [0.2, 0.25) is 0 Å². The Morgan fingerprint density at radius 2 is 1.61 bits per heavy atom. The van der Waals surface area contributed by atoms with Crippen LogP contribution in [0.25, 0.3) is 0 Å². The number of carbonyl (C=O) groups is 3. The quantitative estimate of drug-likeness (QED) is 0.610. The first-order valence-corrected chi connectivity index (χ1v) is 8.06. The van der Waals surface area contributed by atoms with Crippen molar-refractivity contribution in [3.05, 3.63) is 0 Å². The minimum Gasteiger partial charge on any atom is -0.346 e. The highest BCUT2D eigenvalue weighted by Gasteiger charge is 2.42. The molecule has 7 nitrogen and oxygen atoms in total. The van der Waals surface area contributed by atoms with Crippen molar-refractivity contribution in [2.45, 2.75) is 51.5 Å². The van der Waals surface area contributed by atoms with Crippen molar-refractivity contribution in [2.75, 3.05) is 26.2 Å². The number of hydrogen-bond donors (Lipinski definition) is 3. The van der Waals surface area contributed by atoms with Crippen LogP contribution in [-0.4, -0.2) is 54.3 Å². The highest BCUT2D eigenvalue weighted by molar-refractivity contribution is 5.93. The van der Waals surface area contributed by atoms with E-state index in [9.17, 15) is 14.4 Å². The summed E-state index contributed by atoms with van der Waals surface area (Å²) in [7, 11) is 0. The lowest BCUT2D eigenvalue weighted by Crippen LogP contribution is -2.61. The summed E-state index contributed by atoms with van der Waals surface area (Å²) in [6.45, 7) is 4.80. The number of likely N-dealkylation sites (N-methyl/N-ethyl adjacent to an activating group) is 1. The van der Waals surface area contributed by atoms with Crippen LogP contribution >= 0.6 is 12.4 Å². The van der Waals surface area contributed by atoms with Crippen molar-refractivity contribution in [1.29, 1.82) is 0 Å². The molecule has 134 valence electrons. The molecule has 0 aromatic rings. The van der Waals surface area contributed by atoms with E-state index in [1.165, 1.54) is 0 Å². The van der Waals surface area contributed by atoms with Crippen LogP contribution < -0.4 is 16.4 Å². The van der Waals surface area contributed by atoms with Crippen LogP contribution in [-0.2, 0) is 14.4 Å². The SMILES string of the molecule is CCN(CC)C(=O)C1(NC(=O)CNC(=O)CN)CCCCC1.Cl. The number of halogens is 1. The summed E-state index contributed by atoms with van der Waals surface area (Å²) in [4.78, 5) is 37.8. The van der Waals surface area contributed by atoms with Crippen LogP contribution in [0.1, 0.15) is 46.0 Å². The molecule has 1 aliphatic carbocycles. The van der Waals surface area contributed by atoms with Crippen LogP contribution in [0.3, 0.4) is 0 Å². The molecule has 0 atom stereocenters. The molecular formula is C15H29ClN4O3. The molecule has 1 fully saturated rings. The zero-order valence-electron chi connectivity index (χ0n) is 14.0. The van der Waals surface area contributed by atoms with Crippen molar-refractivity contribution in [3.63, 3.8) is 0 Å². The predicted octanol–water partition coefficient (Wildman–Crippen LogP) is 0.171. The first kappa shape index (κ1) is 21.7. The number of nitrogens with two attached hydrogens (primary N) is 1. The van der Waals surface area contributed by atoms with E-state index in [4.69, 9.17) is 5.73 Å². The maximum Gasteiger partial charge on any atom is 0.248 e. The van der Waals surface area contributed by atoms with Gasteiger partial charge in [0.2, 0.25) is 17.7 Å². The molecule has 1 rings (SSSR count). The molecule has 8 heteroatoms. The fourth-order valence-corrected chi connectivity index (χ4v) is 2.92. The van der Waals surface area contributed by atoms with E-state index in [1.807, 2.05) is 13.8 Å². The van der Waals surface area contributed by atoms with Gasteiger partial charge in [-0.05, 0) is 26.7 Å². The molecule has 1 aliphatic rings. The van der Waals surface area contributed by atoms with Gasteiger partial charge in [0.05, 0.1) is 13.1 Å². The number of nitrogens with zero attached hydrogens (tertiary/aromatic N) is 1. The third kappa shape index (κ3) is 5.99. The summed E-state index contributed by atoms with van der Waals surface area (Å²) in [5.74, 6) is -0.747. The lowest BCUT2D eigenvalue weighted by Gasteiger charge is -2.40. The van der Waals surface area contributed by atoms with Crippen molar-refractivity contribution in [2.24, 2.45) is 5.73 Å². The summed E-state index contributed by atoms with van der Waals surface area (Å²) in [5, 5.41) is 5.31. The van der Waals surface area contributed by atoms with E-state index in [0.29, 0.717) is 25.9 Å². The molecule has 0 radical (unpaired) electrons. The molecule has 0 unspecified atom stereocenters. The molecule has 3 amide bonds. The number of carbonyl (C=O) groups excluding carboxylic acids is 3. The van der Waals surface area contributed by atoms with Crippen LogP contribution in [0.4, 0.5) is 0 Å². The first-order chi connectivity index (χ1) is 10.5. The Morgan fingerprint density at radius 1 is 1.04 bits per heavy atom. The largest absolute Gasteiger partial charge is 0.346 e. The number of amides is 3. The van der Waals surface area contributed by atoms with Crippen molar-refractivity contribution >= 4 is 30.1 Å². The Bertz CT molecular complexity index is 408. The van der Waals surface area contributed by atoms with Crippen LogP contribution in [0.5, 0.6) is 0 Å². The van der Waals surface area contributed by atoms with Crippen LogP contribution in [0, 0.1) is 0 Å². The maximum absolute atomic E-state index is 12.8. The van der Waals surface area contributed by atoms with Crippen molar-refractivity contribution < 1.29 is 14.4 Å². The summed E-state index contributed by atoms with van der Waals surface area (Å²) >= 11 is 0. The summed E-state index contributed by atoms with van der Waals surface area (Å²) < 4.78 is 0. The normalized spacial score (nSPS) is 16.0. The minimum absolute atomic E-state index is 0. The molecule has 0 saturated heterocycles. The minimum atomic E-state index is -0.825. The first-order valence-electron chi connectivity index (χ1n) is 8.06. The van der Waals surface area contributed by atoms with Gasteiger partial charge in [0.15, 0.2) is 0 Å². The third-order valence-corrected chi connectivity index (χ3v) is 4.18. The zero-order chi connectivity index (χ0) is 16.6. The third-order valence-electron chi connectivity index (χ3n) is 4.18. The summed E-state index contributed by atoms with van der Waals surface area (Å²) in [6, 6.07) is 0. The van der Waals surface area contributed by atoms with E-state index >= 15 is 0 Å². The topological polar surface area (TPSA) is 105 Å². The van der Waals surface area contributed by atoms with Gasteiger partial charge in [-0.1, -0.05) is 19.3 Å². The van der Waals surface area contributed by atoms with E-state index in [2.05, 4.69) is 10.6 Å². The standard InChI is InChI=1S/C15H28N4O3.ClH/c1-3-19(4-2)14(22)15(8-6-5-7-9-15)18-13(21)11-17-12(20)10-16;/h3-11,16H2,1-2H3,(H,17,20)(H,18,21);1H. The Hall–Kier alpha value is -1.34. The van der Waals surface area contributed by atoms with Gasteiger partial charge in [-0.2, -0.15) is 0 Å². The second kappa shape index (κ2) is 10.4. The van der Waals surface area contributed by atoms with Gasteiger partial charge in [-0.3, -0.25) is 14.4 Å². The zero-order valence-corrected chi connectivity index (χ0v) is 14.8. The number of rotatable bonds is 7. The molecule has 4 N–H and O–H groups in total. The predicted molar refractivity (Wildman–Crippen MR) is 91.2 cm³/mol. The van der Waals surface area contributed by atoms with E-state index < -0.39 is 5.54 Å². The van der Waals surface area contributed by atoms with Gasteiger partial charge in [0, 0.05) is 13.1 Å². The van der Waals surface area contributed by atoms with Gasteiger partial charge in [-0.25, -0.2) is 0 Å². The van der Waals surface area contributed by atoms with E-state index in [-0.39, 0.29) is 43.2 Å². The van der Waals surface area contributed by atoms with Crippen molar-refractivity contribution in [1.82, 2.24) is 15.5 Å². The fourth-order valence-electron chi connectivity index (χ4n) is 2.92. The lowest BCUT2D eigenvalue weighted by atomic mass is 9.80. The fraction of sp³-hybridized carbons (Fsp3) is 0.800. The molecule has 1 saturated carbocycles. The van der Waals surface area contributed by atoms with E-state index in [0.717, 1.165) is 19.3 Å². The second-order valence-corrected chi connectivity index (χ2v) is 5.65. The Balaban J connectivity index is 0.00000484. The second-order valence-electron chi connectivity index (χ2n) is 5.65. The van der Waals surface area contributed by atoms with Gasteiger partial charge < -0.3 is 21.3 Å². The monoisotopic (exact) mass is 348 g/mol. The number of nitrogens with one attached hydrogen (secondary N) is 2. The summed E-state index contributed by atoms with van der Waals surface area (Å²) in [5.41, 5.74) is 4.36. The average molecular weight is 349 g/mol. The average Bonchev–Trinajstić information content (AvgIpc) is 2.54. The number of hydrogen-bond acceptors (Lipinski definition) is 4. The molecule has 23 heavy (non-hydrogen) atoms.